The Labute approximate surface area is 172 Å². The number of halogens is 1. The van der Waals surface area contributed by atoms with E-state index in [1.54, 1.807) is 10.6 Å². The highest BCUT2D eigenvalue weighted by atomic mass is 79.9. The normalized spacial score (nSPS) is 18.7. The first-order valence-electron chi connectivity index (χ1n) is 9.63. The van der Waals surface area contributed by atoms with Gasteiger partial charge in [-0.3, -0.25) is 14.2 Å². The van der Waals surface area contributed by atoms with Gasteiger partial charge in [0.25, 0.3) is 5.56 Å². The van der Waals surface area contributed by atoms with Crippen molar-refractivity contribution in [2.45, 2.75) is 69.4 Å². The summed E-state index contributed by atoms with van der Waals surface area (Å²) in [5.41, 5.74) is 0.606. The molecule has 27 heavy (non-hydrogen) atoms. The summed E-state index contributed by atoms with van der Waals surface area (Å²) in [4.78, 5) is 32.7. The number of amides is 1. The minimum absolute atomic E-state index is 0.0599. The summed E-state index contributed by atoms with van der Waals surface area (Å²) >= 11 is 4.81. The Morgan fingerprint density at radius 3 is 2.85 bits per heavy atom. The third kappa shape index (κ3) is 4.24. The van der Waals surface area contributed by atoms with Crippen LogP contribution in [0.4, 0.5) is 0 Å². The molecule has 0 saturated carbocycles. The third-order valence-electron chi connectivity index (χ3n) is 5.21. The van der Waals surface area contributed by atoms with Gasteiger partial charge in [0.15, 0.2) is 5.16 Å². The first-order valence-corrected chi connectivity index (χ1v) is 11.3. The molecule has 1 amide bonds. The molecule has 2 aromatic rings. The molecule has 2 atom stereocenters. The number of piperidine rings is 1. The van der Waals surface area contributed by atoms with Gasteiger partial charge in [0.2, 0.25) is 5.91 Å². The second-order valence-corrected chi connectivity index (χ2v) is 9.18. The molecule has 1 aromatic heterocycles. The third-order valence-corrected chi connectivity index (χ3v) is 6.78. The highest BCUT2D eigenvalue weighted by Gasteiger charge is 2.30. The first kappa shape index (κ1) is 20.4. The van der Waals surface area contributed by atoms with Crippen LogP contribution in [0.15, 0.2) is 32.6 Å². The van der Waals surface area contributed by atoms with Gasteiger partial charge in [-0.05, 0) is 57.7 Å². The Bertz CT molecular complexity index is 899. The Hall–Kier alpha value is -1.34. The number of hydrogen-bond donors (Lipinski definition) is 0. The molecule has 146 valence electrons. The lowest BCUT2D eigenvalue weighted by Crippen LogP contribution is -2.46. The van der Waals surface area contributed by atoms with Crippen molar-refractivity contribution >= 4 is 44.5 Å². The van der Waals surface area contributed by atoms with Crippen LogP contribution in [0.2, 0.25) is 0 Å². The van der Waals surface area contributed by atoms with Gasteiger partial charge in [-0.1, -0.05) is 34.6 Å². The molecule has 2 unspecified atom stereocenters. The summed E-state index contributed by atoms with van der Waals surface area (Å²) in [6.45, 7) is 7.36. The summed E-state index contributed by atoms with van der Waals surface area (Å²) < 4.78 is 2.52. The molecule has 2 heterocycles. The van der Waals surface area contributed by atoms with Crippen LogP contribution in [0.1, 0.15) is 46.5 Å². The molecule has 0 N–H and O–H groups in total. The van der Waals surface area contributed by atoms with Crippen molar-refractivity contribution in [1.29, 1.82) is 0 Å². The lowest BCUT2D eigenvalue weighted by molar-refractivity contribution is -0.134. The summed E-state index contributed by atoms with van der Waals surface area (Å²) in [6, 6.07) is 5.87. The van der Waals surface area contributed by atoms with Gasteiger partial charge in [0.05, 0.1) is 16.2 Å². The van der Waals surface area contributed by atoms with Crippen molar-refractivity contribution in [1.82, 2.24) is 14.5 Å². The van der Waals surface area contributed by atoms with Crippen LogP contribution in [-0.2, 0) is 11.3 Å². The van der Waals surface area contributed by atoms with E-state index in [2.05, 4.69) is 27.8 Å². The molecule has 0 radical (unpaired) electrons. The van der Waals surface area contributed by atoms with Gasteiger partial charge < -0.3 is 4.90 Å². The van der Waals surface area contributed by atoms with Crippen LogP contribution in [0.5, 0.6) is 0 Å². The lowest BCUT2D eigenvalue weighted by Gasteiger charge is -2.36. The van der Waals surface area contributed by atoms with E-state index < -0.39 is 0 Å². The molecule has 5 nitrogen and oxygen atoms in total. The Balaban J connectivity index is 1.90. The molecule has 0 spiro atoms. The molecule has 0 aliphatic carbocycles. The second-order valence-electron chi connectivity index (χ2n) is 6.95. The van der Waals surface area contributed by atoms with Gasteiger partial charge in [-0.15, -0.1) is 0 Å². The Morgan fingerprint density at radius 2 is 2.15 bits per heavy atom. The molecule has 1 aliphatic heterocycles. The predicted octanol–water partition coefficient (Wildman–Crippen LogP) is 4.45. The summed E-state index contributed by atoms with van der Waals surface area (Å²) in [7, 11) is 0. The molecule has 1 saturated heterocycles. The maximum Gasteiger partial charge on any atom is 0.262 e. The van der Waals surface area contributed by atoms with Crippen molar-refractivity contribution in [3.05, 3.63) is 33.0 Å². The van der Waals surface area contributed by atoms with E-state index in [1.165, 1.54) is 18.2 Å². The minimum atomic E-state index is -0.269. The molecule has 7 heteroatoms. The smallest absolute Gasteiger partial charge is 0.262 e. The molecule has 3 rings (SSSR count). The Kier molecular flexibility index (Phi) is 6.63. The number of thioether (sulfide) groups is 1. The van der Waals surface area contributed by atoms with Crippen LogP contribution >= 0.6 is 27.7 Å². The van der Waals surface area contributed by atoms with Gasteiger partial charge in [0.1, 0.15) is 0 Å². The van der Waals surface area contributed by atoms with E-state index in [-0.39, 0.29) is 16.7 Å². The van der Waals surface area contributed by atoms with Crippen molar-refractivity contribution in [2.75, 3.05) is 6.54 Å². The number of aromatic nitrogens is 2. The SMILES string of the molecule is CCC1CCCCN1C(=O)C(C)Sc1nc2ccc(Br)cc2c(=O)n1CC. The number of fused-ring (bicyclic) bond motifs is 1. The Morgan fingerprint density at radius 1 is 1.37 bits per heavy atom. The monoisotopic (exact) mass is 451 g/mol. The first-order chi connectivity index (χ1) is 13.0. The molecule has 1 aromatic carbocycles. The lowest BCUT2D eigenvalue weighted by atomic mass is 10.00. The molecular weight excluding hydrogens is 426 g/mol. The maximum absolute atomic E-state index is 13.0. The average molecular weight is 452 g/mol. The summed E-state index contributed by atoms with van der Waals surface area (Å²) in [5.74, 6) is 0.152. The largest absolute Gasteiger partial charge is 0.339 e. The van der Waals surface area contributed by atoms with Crippen molar-refractivity contribution in [3.8, 4) is 0 Å². The van der Waals surface area contributed by atoms with E-state index in [1.807, 2.05) is 30.9 Å². The highest BCUT2D eigenvalue weighted by Crippen LogP contribution is 2.28. The van der Waals surface area contributed by atoms with Crippen molar-refractivity contribution in [3.63, 3.8) is 0 Å². The number of rotatable bonds is 5. The van der Waals surface area contributed by atoms with E-state index in [0.717, 1.165) is 30.3 Å². The number of carbonyl (C=O) groups excluding carboxylic acids is 1. The van der Waals surface area contributed by atoms with Gasteiger partial charge in [-0.25, -0.2) is 4.98 Å². The second kappa shape index (κ2) is 8.78. The zero-order valence-electron chi connectivity index (χ0n) is 16.1. The quantitative estimate of drug-likeness (QED) is 0.497. The number of hydrogen-bond acceptors (Lipinski definition) is 4. The van der Waals surface area contributed by atoms with E-state index in [4.69, 9.17) is 0 Å². The van der Waals surface area contributed by atoms with E-state index >= 15 is 0 Å². The molecule has 1 aliphatic rings. The fourth-order valence-corrected chi connectivity index (χ4v) is 5.10. The molecule has 1 fully saturated rings. The van der Waals surface area contributed by atoms with Crippen LogP contribution in [0.3, 0.4) is 0 Å². The fraction of sp³-hybridized carbons (Fsp3) is 0.550. The number of benzene rings is 1. The fourth-order valence-electron chi connectivity index (χ4n) is 3.70. The zero-order chi connectivity index (χ0) is 19.6. The molecular formula is C20H26BrN3O2S. The number of likely N-dealkylation sites (tertiary alicyclic amines) is 1. The standard InChI is InChI=1S/C20H26BrN3O2S/c1-4-15-8-6-7-11-24(15)18(25)13(3)27-20-22-17-10-9-14(21)12-16(17)19(26)23(20)5-2/h9-10,12-13,15H,4-8,11H2,1-3H3. The van der Waals surface area contributed by atoms with Gasteiger partial charge in [0, 0.05) is 23.6 Å². The highest BCUT2D eigenvalue weighted by molar-refractivity contribution is 9.10. The van der Waals surface area contributed by atoms with E-state index in [0.29, 0.717) is 28.6 Å². The van der Waals surface area contributed by atoms with Crippen LogP contribution in [0.25, 0.3) is 10.9 Å². The van der Waals surface area contributed by atoms with Crippen LogP contribution in [-0.4, -0.2) is 38.2 Å². The van der Waals surface area contributed by atoms with Gasteiger partial charge >= 0.3 is 0 Å². The predicted molar refractivity (Wildman–Crippen MR) is 114 cm³/mol. The summed E-state index contributed by atoms with van der Waals surface area (Å²) in [5, 5.41) is 0.939. The van der Waals surface area contributed by atoms with E-state index in [9.17, 15) is 9.59 Å². The minimum Gasteiger partial charge on any atom is -0.339 e. The van der Waals surface area contributed by atoms with Crippen molar-refractivity contribution < 1.29 is 4.79 Å². The van der Waals surface area contributed by atoms with Crippen molar-refractivity contribution in [2.24, 2.45) is 0 Å². The maximum atomic E-state index is 13.0. The zero-order valence-corrected chi connectivity index (χ0v) is 18.5. The molecule has 0 bridgehead atoms. The summed E-state index contributed by atoms with van der Waals surface area (Å²) in [6.07, 6.45) is 4.34. The number of carbonyl (C=O) groups is 1. The topological polar surface area (TPSA) is 55.2 Å². The number of nitrogens with zero attached hydrogens (tertiary/aromatic N) is 3. The van der Waals surface area contributed by atoms with Crippen LogP contribution < -0.4 is 5.56 Å². The van der Waals surface area contributed by atoms with Gasteiger partial charge in [-0.2, -0.15) is 0 Å². The average Bonchev–Trinajstić information content (AvgIpc) is 2.68. The van der Waals surface area contributed by atoms with Crippen LogP contribution in [0, 0.1) is 0 Å².